The monoisotopic (exact) mass is 410 g/mol. The minimum atomic E-state index is -0.913. The Morgan fingerprint density at radius 3 is 2.20 bits per heavy atom. The summed E-state index contributed by atoms with van der Waals surface area (Å²) in [5, 5.41) is 10.8. The maximum atomic E-state index is 12.6. The van der Waals surface area contributed by atoms with Crippen LogP contribution in [0.3, 0.4) is 0 Å². The second kappa shape index (κ2) is 9.17. The standard InChI is InChI=1S/C23H26N2O5/c1-13(2)11-12-18(26)19(23(28)30-4)14-7-5-9-16-20(14)24-17-10-6-8-15(21(17)25-16)22(27)29-3/h5-10,13,18-19,26H,11-12H2,1-4H3/t18-,19+/m1/s1. The van der Waals surface area contributed by atoms with Crippen LogP contribution in [0.5, 0.6) is 0 Å². The summed E-state index contributed by atoms with van der Waals surface area (Å²) in [5.74, 6) is -1.51. The molecule has 3 rings (SSSR count). The van der Waals surface area contributed by atoms with Crippen molar-refractivity contribution in [2.75, 3.05) is 14.2 Å². The van der Waals surface area contributed by atoms with E-state index in [1.54, 1.807) is 36.4 Å². The summed E-state index contributed by atoms with van der Waals surface area (Å²) in [5.41, 5.74) is 2.79. The van der Waals surface area contributed by atoms with Crippen LogP contribution in [0.15, 0.2) is 36.4 Å². The van der Waals surface area contributed by atoms with E-state index in [2.05, 4.69) is 23.8 Å². The van der Waals surface area contributed by atoms with Crippen LogP contribution in [0.1, 0.15) is 48.5 Å². The number of methoxy groups -OCH3 is 2. The van der Waals surface area contributed by atoms with E-state index in [9.17, 15) is 14.7 Å². The van der Waals surface area contributed by atoms with Crippen LogP contribution >= 0.6 is 0 Å². The fraction of sp³-hybridized carbons (Fsp3) is 0.391. The fourth-order valence-corrected chi connectivity index (χ4v) is 3.56. The van der Waals surface area contributed by atoms with Crippen LogP contribution in [0.2, 0.25) is 0 Å². The van der Waals surface area contributed by atoms with E-state index >= 15 is 0 Å². The zero-order valence-corrected chi connectivity index (χ0v) is 17.6. The lowest BCUT2D eigenvalue weighted by molar-refractivity contribution is -0.145. The molecule has 2 atom stereocenters. The van der Waals surface area contributed by atoms with Gasteiger partial charge in [0.15, 0.2) is 0 Å². The number of aliphatic hydroxyl groups is 1. The highest BCUT2D eigenvalue weighted by Gasteiger charge is 2.31. The molecule has 0 aliphatic carbocycles. The Hall–Kier alpha value is -3.06. The van der Waals surface area contributed by atoms with Crippen molar-refractivity contribution >= 4 is 34.0 Å². The third-order valence-corrected chi connectivity index (χ3v) is 5.15. The second-order valence-electron chi connectivity index (χ2n) is 7.64. The zero-order valence-electron chi connectivity index (χ0n) is 17.6. The highest BCUT2D eigenvalue weighted by molar-refractivity contribution is 6.03. The summed E-state index contributed by atoms with van der Waals surface area (Å²) >= 11 is 0. The predicted molar refractivity (Wildman–Crippen MR) is 113 cm³/mol. The first-order valence-electron chi connectivity index (χ1n) is 9.91. The molecule has 0 fully saturated rings. The number of carbonyl (C=O) groups is 2. The molecular weight excluding hydrogens is 384 g/mol. The molecule has 7 heteroatoms. The van der Waals surface area contributed by atoms with Crippen molar-refractivity contribution < 1.29 is 24.2 Å². The average Bonchev–Trinajstić information content (AvgIpc) is 2.75. The largest absolute Gasteiger partial charge is 0.468 e. The van der Waals surface area contributed by atoms with Crippen molar-refractivity contribution in [3.8, 4) is 0 Å². The van der Waals surface area contributed by atoms with Crippen molar-refractivity contribution in [3.63, 3.8) is 0 Å². The highest BCUT2D eigenvalue weighted by Crippen LogP contribution is 2.31. The van der Waals surface area contributed by atoms with Gasteiger partial charge in [0, 0.05) is 0 Å². The molecule has 0 saturated heterocycles. The first kappa shape index (κ1) is 21.6. The van der Waals surface area contributed by atoms with E-state index in [1.165, 1.54) is 14.2 Å². The third-order valence-electron chi connectivity index (χ3n) is 5.15. The molecule has 3 aromatic rings. The molecule has 0 aliphatic rings. The van der Waals surface area contributed by atoms with E-state index in [0.717, 1.165) is 6.42 Å². The summed E-state index contributed by atoms with van der Waals surface area (Å²) < 4.78 is 9.83. The van der Waals surface area contributed by atoms with Gasteiger partial charge in [0.25, 0.3) is 0 Å². The van der Waals surface area contributed by atoms with Gasteiger partial charge in [0.1, 0.15) is 11.4 Å². The summed E-state index contributed by atoms with van der Waals surface area (Å²) in [6.45, 7) is 4.13. The Bertz CT molecular complexity index is 1080. The van der Waals surface area contributed by atoms with Crippen LogP contribution in [0.4, 0.5) is 0 Å². The molecule has 0 radical (unpaired) electrons. The number of nitrogens with zero attached hydrogens (tertiary/aromatic N) is 2. The fourth-order valence-electron chi connectivity index (χ4n) is 3.56. The van der Waals surface area contributed by atoms with Gasteiger partial charge in [-0.2, -0.15) is 0 Å². The van der Waals surface area contributed by atoms with Crippen LogP contribution < -0.4 is 0 Å². The van der Waals surface area contributed by atoms with Crippen molar-refractivity contribution in [1.82, 2.24) is 9.97 Å². The molecule has 0 spiro atoms. The first-order valence-corrected chi connectivity index (χ1v) is 9.91. The molecule has 1 heterocycles. The summed E-state index contributed by atoms with van der Waals surface area (Å²) in [4.78, 5) is 34.0. The quantitative estimate of drug-likeness (QED) is 0.469. The SMILES string of the molecule is COC(=O)c1cccc2nc3c([C@H](C(=O)OC)[C@H](O)CCC(C)C)cccc3nc12. The average molecular weight is 410 g/mol. The number of hydrogen-bond acceptors (Lipinski definition) is 7. The van der Waals surface area contributed by atoms with Crippen molar-refractivity contribution in [2.24, 2.45) is 5.92 Å². The lowest BCUT2D eigenvalue weighted by Crippen LogP contribution is -2.28. The van der Waals surface area contributed by atoms with Crippen LogP contribution in [-0.4, -0.2) is 47.3 Å². The van der Waals surface area contributed by atoms with Gasteiger partial charge in [0.05, 0.1) is 42.4 Å². The van der Waals surface area contributed by atoms with Gasteiger partial charge in [-0.25, -0.2) is 14.8 Å². The van der Waals surface area contributed by atoms with E-state index in [1.807, 2.05) is 0 Å². The van der Waals surface area contributed by atoms with Gasteiger partial charge >= 0.3 is 11.9 Å². The number of benzene rings is 2. The third kappa shape index (κ3) is 4.26. The molecule has 1 aromatic heterocycles. The molecule has 0 bridgehead atoms. The van der Waals surface area contributed by atoms with Gasteiger partial charge in [0.2, 0.25) is 0 Å². The van der Waals surface area contributed by atoms with Crippen LogP contribution in [0.25, 0.3) is 22.1 Å². The summed E-state index contributed by atoms with van der Waals surface area (Å²) in [7, 11) is 2.62. The Morgan fingerprint density at radius 1 is 0.933 bits per heavy atom. The molecule has 158 valence electrons. The van der Waals surface area contributed by atoms with Gasteiger partial charge in [-0.15, -0.1) is 0 Å². The lowest BCUT2D eigenvalue weighted by Gasteiger charge is -2.22. The van der Waals surface area contributed by atoms with E-state index < -0.39 is 24.0 Å². The molecule has 7 nitrogen and oxygen atoms in total. The van der Waals surface area contributed by atoms with Gasteiger partial charge < -0.3 is 14.6 Å². The first-order chi connectivity index (χ1) is 14.4. The highest BCUT2D eigenvalue weighted by atomic mass is 16.5. The van der Waals surface area contributed by atoms with Crippen LogP contribution in [-0.2, 0) is 14.3 Å². The summed E-state index contributed by atoms with van der Waals surface area (Å²) in [6, 6.07) is 10.3. The lowest BCUT2D eigenvalue weighted by atomic mass is 9.88. The number of para-hydroxylation sites is 2. The minimum absolute atomic E-state index is 0.316. The Balaban J connectivity index is 2.18. The predicted octanol–water partition coefficient (Wildman–Crippen LogP) is 3.62. The van der Waals surface area contributed by atoms with Gasteiger partial charge in [-0.1, -0.05) is 32.0 Å². The van der Waals surface area contributed by atoms with E-state index in [0.29, 0.717) is 45.5 Å². The number of ether oxygens (including phenoxy) is 2. The molecule has 0 amide bonds. The number of carbonyl (C=O) groups excluding carboxylic acids is 2. The molecular formula is C23H26N2O5. The number of rotatable bonds is 7. The topological polar surface area (TPSA) is 98.6 Å². The zero-order chi connectivity index (χ0) is 21.8. The summed E-state index contributed by atoms with van der Waals surface area (Å²) in [6.07, 6.45) is 0.321. The van der Waals surface area contributed by atoms with Crippen molar-refractivity contribution in [3.05, 3.63) is 47.5 Å². The van der Waals surface area contributed by atoms with Crippen molar-refractivity contribution in [1.29, 1.82) is 0 Å². The Kier molecular flexibility index (Phi) is 6.62. The number of aliphatic hydroxyl groups excluding tert-OH is 1. The second-order valence-corrected chi connectivity index (χ2v) is 7.64. The van der Waals surface area contributed by atoms with Gasteiger partial charge in [-0.05, 0) is 42.5 Å². The maximum Gasteiger partial charge on any atom is 0.340 e. The van der Waals surface area contributed by atoms with Crippen LogP contribution in [0, 0.1) is 5.92 Å². The number of fused-ring (bicyclic) bond motifs is 2. The molecule has 2 aromatic carbocycles. The Morgan fingerprint density at radius 2 is 1.57 bits per heavy atom. The number of aromatic nitrogens is 2. The Labute approximate surface area is 175 Å². The minimum Gasteiger partial charge on any atom is -0.468 e. The normalized spacial score (nSPS) is 13.4. The molecule has 0 saturated carbocycles. The molecule has 30 heavy (non-hydrogen) atoms. The number of hydrogen-bond donors (Lipinski definition) is 1. The molecule has 0 aliphatic heterocycles. The molecule has 0 unspecified atom stereocenters. The van der Waals surface area contributed by atoms with E-state index in [4.69, 9.17) is 9.47 Å². The van der Waals surface area contributed by atoms with Crippen molar-refractivity contribution in [2.45, 2.75) is 38.7 Å². The number of esters is 2. The smallest absolute Gasteiger partial charge is 0.340 e. The van der Waals surface area contributed by atoms with E-state index in [-0.39, 0.29) is 0 Å². The van der Waals surface area contributed by atoms with Gasteiger partial charge in [-0.3, -0.25) is 4.79 Å². The maximum absolute atomic E-state index is 12.6. The molecule has 1 N–H and O–H groups in total.